The van der Waals surface area contributed by atoms with Crippen LogP contribution in [0, 0.1) is 5.92 Å². The number of esters is 2. The van der Waals surface area contributed by atoms with E-state index in [9.17, 15) is 14.7 Å². The maximum atomic E-state index is 12.6. The lowest BCUT2D eigenvalue weighted by Crippen LogP contribution is -2.41. The first-order valence-corrected chi connectivity index (χ1v) is 8.76. The average molecular weight is 365 g/mol. The van der Waals surface area contributed by atoms with Crippen LogP contribution in [0.3, 0.4) is 0 Å². The van der Waals surface area contributed by atoms with Gasteiger partial charge >= 0.3 is 11.9 Å². The Kier molecular flexibility index (Phi) is 7.21. The molecular weight excluding hydrogens is 334 g/mol. The van der Waals surface area contributed by atoms with Crippen LogP contribution in [0.1, 0.15) is 53.5 Å². The maximum Gasteiger partial charge on any atom is 0.323 e. The fraction of sp³-hybridized carbons (Fsp3) is 0.600. The fourth-order valence-corrected chi connectivity index (χ4v) is 2.34. The SMILES string of the molecule is CC(C)(C)OC(=O)C(Cc1ccc(O)cc1)C[C@@H](N)C(=O)OC(C)(C)C. The third-order valence-electron chi connectivity index (χ3n) is 3.41. The monoisotopic (exact) mass is 365 g/mol. The minimum Gasteiger partial charge on any atom is -0.508 e. The summed E-state index contributed by atoms with van der Waals surface area (Å²) in [6, 6.07) is 5.63. The third-order valence-corrected chi connectivity index (χ3v) is 3.41. The highest BCUT2D eigenvalue weighted by Crippen LogP contribution is 2.22. The van der Waals surface area contributed by atoms with Crippen molar-refractivity contribution in [2.45, 2.75) is 71.6 Å². The normalized spacial score (nSPS) is 14.4. The van der Waals surface area contributed by atoms with Gasteiger partial charge in [0.25, 0.3) is 0 Å². The van der Waals surface area contributed by atoms with E-state index in [0.717, 1.165) is 5.56 Å². The number of phenols is 1. The van der Waals surface area contributed by atoms with Gasteiger partial charge in [0.1, 0.15) is 23.0 Å². The van der Waals surface area contributed by atoms with E-state index in [1.807, 2.05) is 0 Å². The van der Waals surface area contributed by atoms with Gasteiger partial charge in [0, 0.05) is 0 Å². The summed E-state index contributed by atoms with van der Waals surface area (Å²) in [6.45, 7) is 10.7. The van der Waals surface area contributed by atoms with E-state index in [2.05, 4.69) is 0 Å². The summed E-state index contributed by atoms with van der Waals surface area (Å²) in [7, 11) is 0. The van der Waals surface area contributed by atoms with Gasteiger partial charge in [0.05, 0.1) is 5.92 Å². The van der Waals surface area contributed by atoms with Crippen molar-refractivity contribution in [1.82, 2.24) is 0 Å². The lowest BCUT2D eigenvalue weighted by molar-refractivity contribution is -0.162. The molecule has 6 nitrogen and oxygen atoms in total. The number of phenolic OH excluding ortho intramolecular Hbond substituents is 1. The van der Waals surface area contributed by atoms with Crippen molar-refractivity contribution in [2.24, 2.45) is 11.7 Å². The van der Waals surface area contributed by atoms with Crippen molar-refractivity contribution >= 4 is 11.9 Å². The minimum atomic E-state index is -0.927. The topological polar surface area (TPSA) is 98.9 Å². The number of rotatable bonds is 6. The van der Waals surface area contributed by atoms with Crippen molar-refractivity contribution in [3.63, 3.8) is 0 Å². The number of hydrogen-bond acceptors (Lipinski definition) is 6. The molecule has 2 atom stereocenters. The van der Waals surface area contributed by atoms with E-state index in [1.54, 1.807) is 65.8 Å². The van der Waals surface area contributed by atoms with E-state index in [4.69, 9.17) is 15.2 Å². The Morgan fingerprint density at radius 2 is 1.42 bits per heavy atom. The van der Waals surface area contributed by atoms with E-state index < -0.39 is 35.1 Å². The fourth-order valence-electron chi connectivity index (χ4n) is 2.34. The minimum absolute atomic E-state index is 0.116. The van der Waals surface area contributed by atoms with E-state index >= 15 is 0 Å². The summed E-state index contributed by atoms with van der Waals surface area (Å²) in [6.07, 6.45) is 0.469. The van der Waals surface area contributed by atoms with Crippen molar-refractivity contribution in [1.29, 1.82) is 0 Å². The Bertz CT molecular complexity index is 611. The molecule has 0 aliphatic carbocycles. The highest BCUT2D eigenvalue weighted by atomic mass is 16.6. The first-order chi connectivity index (χ1) is 11.8. The molecule has 0 saturated carbocycles. The predicted molar refractivity (Wildman–Crippen MR) is 99.6 cm³/mol. The van der Waals surface area contributed by atoms with Crippen molar-refractivity contribution in [2.75, 3.05) is 0 Å². The summed E-state index contributed by atoms with van der Waals surface area (Å²) in [5.41, 5.74) is 5.54. The molecule has 0 spiro atoms. The summed E-state index contributed by atoms with van der Waals surface area (Å²) in [5, 5.41) is 9.41. The Morgan fingerprint density at radius 1 is 0.962 bits per heavy atom. The second-order valence-electron chi connectivity index (χ2n) is 8.48. The quantitative estimate of drug-likeness (QED) is 0.752. The largest absolute Gasteiger partial charge is 0.508 e. The summed E-state index contributed by atoms with van der Waals surface area (Å²) in [4.78, 5) is 24.8. The van der Waals surface area contributed by atoms with E-state index in [0.29, 0.717) is 6.42 Å². The summed E-state index contributed by atoms with van der Waals surface area (Å²) < 4.78 is 10.8. The smallest absolute Gasteiger partial charge is 0.323 e. The van der Waals surface area contributed by atoms with Gasteiger partial charge in [0.2, 0.25) is 0 Å². The molecule has 1 aromatic rings. The van der Waals surface area contributed by atoms with Gasteiger partial charge in [-0.2, -0.15) is 0 Å². The standard InChI is InChI=1S/C20H31NO5/c1-19(2,3)25-17(23)14(11-13-7-9-15(22)10-8-13)12-16(21)18(24)26-20(4,5)6/h7-10,14,16,22H,11-12,21H2,1-6H3/t14?,16-/m1/s1. The van der Waals surface area contributed by atoms with Crippen LogP contribution < -0.4 is 5.73 Å². The Hall–Kier alpha value is -2.08. The zero-order valence-corrected chi connectivity index (χ0v) is 16.5. The van der Waals surface area contributed by atoms with Crippen LogP contribution in [0.2, 0.25) is 0 Å². The Balaban J connectivity index is 2.90. The molecule has 0 fully saturated rings. The van der Waals surface area contributed by atoms with Crippen molar-refractivity contribution in [3.8, 4) is 5.75 Å². The molecule has 0 bridgehead atoms. The predicted octanol–water partition coefficient (Wildman–Crippen LogP) is 2.95. The van der Waals surface area contributed by atoms with E-state index in [-0.39, 0.29) is 12.2 Å². The average Bonchev–Trinajstić information content (AvgIpc) is 2.45. The van der Waals surface area contributed by atoms with Crippen LogP contribution in [-0.4, -0.2) is 34.3 Å². The zero-order valence-electron chi connectivity index (χ0n) is 16.5. The number of nitrogens with two attached hydrogens (primary N) is 1. The van der Waals surface area contributed by atoms with Crippen LogP contribution in [0.5, 0.6) is 5.75 Å². The number of aromatic hydroxyl groups is 1. The molecule has 0 amide bonds. The van der Waals surface area contributed by atoms with Crippen LogP contribution in [0.15, 0.2) is 24.3 Å². The second-order valence-corrected chi connectivity index (χ2v) is 8.48. The summed E-state index contributed by atoms with van der Waals surface area (Å²) >= 11 is 0. The van der Waals surface area contributed by atoms with Crippen molar-refractivity contribution < 1.29 is 24.2 Å². The summed E-state index contributed by atoms with van der Waals surface area (Å²) in [5.74, 6) is -1.41. The molecule has 146 valence electrons. The second kappa shape index (κ2) is 8.54. The number of carbonyl (C=O) groups excluding carboxylic acids is 2. The van der Waals surface area contributed by atoms with Crippen LogP contribution in [0.25, 0.3) is 0 Å². The number of benzene rings is 1. The molecule has 26 heavy (non-hydrogen) atoms. The lowest BCUT2D eigenvalue weighted by Gasteiger charge is -2.26. The molecule has 0 heterocycles. The van der Waals surface area contributed by atoms with Gasteiger partial charge in [-0.1, -0.05) is 12.1 Å². The van der Waals surface area contributed by atoms with Gasteiger partial charge in [-0.25, -0.2) is 0 Å². The van der Waals surface area contributed by atoms with E-state index in [1.165, 1.54) is 0 Å². The number of carbonyl (C=O) groups is 2. The number of ether oxygens (including phenoxy) is 2. The lowest BCUT2D eigenvalue weighted by atomic mass is 9.92. The van der Waals surface area contributed by atoms with Crippen molar-refractivity contribution in [3.05, 3.63) is 29.8 Å². The van der Waals surface area contributed by atoms with Gasteiger partial charge in [0.15, 0.2) is 0 Å². The molecular formula is C20H31NO5. The molecule has 0 radical (unpaired) electrons. The zero-order chi connectivity index (χ0) is 20.1. The van der Waals surface area contributed by atoms with Crippen LogP contribution >= 0.6 is 0 Å². The van der Waals surface area contributed by atoms with Gasteiger partial charge in [-0.3, -0.25) is 9.59 Å². The van der Waals surface area contributed by atoms with Crippen LogP contribution in [-0.2, 0) is 25.5 Å². The molecule has 3 N–H and O–H groups in total. The first-order valence-electron chi connectivity index (χ1n) is 8.76. The molecule has 1 aromatic carbocycles. The van der Waals surface area contributed by atoms with Gasteiger partial charge in [-0.05, 0) is 72.1 Å². The maximum absolute atomic E-state index is 12.6. The van der Waals surface area contributed by atoms with Gasteiger partial charge < -0.3 is 20.3 Å². The van der Waals surface area contributed by atoms with Gasteiger partial charge in [-0.15, -0.1) is 0 Å². The Labute approximate surface area is 155 Å². The third kappa shape index (κ3) is 8.34. The molecule has 0 aliphatic rings. The number of hydrogen-bond donors (Lipinski definition) is 2. The molecule has 1 rings (SSSR count). The molecule has 1 unspecified atom stereocenters. The highest BCUT2D eigenvalue weighted by Gasteiger charge is 2.31. The highest BCUT2D eigenvalue weighted by molar-refractivity contribution is 5.78. The Morgan fingerprint density at radius 3 is 1.88 bits per heavy atom. The first kappa shape index (κ1) is 22.0. The van der Waals surface area contributed by atoms with Crippen LogP contribution in [0.4, 0.5) is 0 Å². The molecule has 0 saturated heterocycles. The molecule has 0 aliphatic heterocycles. The molecule has 0 aromatic heterocycles. The molecule has 6 heteroatoms.